The number of nitrogens with one attached hydrogen (secondary N) is 2. The molecular weight excluding hydrogens is 430 g/mol. The van der Waals surface area contributed by atoms with E-state index in [0.29, 0.717) is 5.69 Å². The first-order chi connectivity index (χ1) is 15.1. The van der Waals surface area contributed by atoms with Crippen molar-refractivity contribution in [2.24, 2.45) is 5.73 Å². The normalized spacial score (nSPS) is 24.6. The Bertz CT molecular complexity index is 1100. The number of aliphatic hydroxyl groups excluding tert-OH is 2. The number of aliphatic carboxylic acids is 1. The molecule has 3 heterocycles. The predicted octanol–water partition coefficient (Wildman–Crippen LogP) is -3.60. The first-order valence-corrected chi connectivity index (χ1v) is 9.34. The fraction of sp³-hybridized carbons (Fsp3) is 0.389. The van der Waals surface area contributed by atoms with Crippen molar-refractivity contribution in [3.8, 4) is 5.75 Å². The number of carboxylic acid groups (broad SMARTS) is 1. The fourth-order valence-corrected chi connectivity index (χ4v) is 3.22. The molecule has 0 unspecified atom stereocenters. The van der Waals surface area contributed by atoms with Crippen molar-refractivity contribution in [2.45, 2.75) is 43.0 Å². The summed E-state index contributed by atoms with van der Waals surface area (Å²) in [5.41, 5.74) is 4.52. The summed E-state index contributed by atoms with van der Waals surface area (Å²) in [7, 11) is 0. The molecule has 0 saturated carbocycles. The van der Waals surface area contributed by atoms with Crippen LogP contribution >= 0.6 is 0 Å². The lowest BCUT2D eigenvalue weighted by Crippen LogP contribution is -2.56. The Morgan fingerprint density at radius 2 is 1.97 bits per heavy atom. The molecule has 0 spiro atoms. The van der Waals surface area contributed by atoms with Crippen LogP contribution in [0.25, 0.3) is 0 Å². The van der Waals surface area contributed by atoms with E-state index in [1.807, 2.05) is 4.98 Å². The Balaban J connectivity index is 1.75. The minimum absolute atomic E-state index is 0.0788. The van der Waals surface area contributed by atoms with Gasteiger partial charge in [0.05, 0.1) is 12.2 Å². The van der Waals surface area contributed by atoms with Gasteiger partial charge in [-0.05, 0) is 12.1 Å². The number of ether oxygens (including phenoxy) is 1. The maximum absolute atomic E-state index is 12.4. The number of nitrogens with zero attached hydrogens (tertiary/aromatic N) is 2. The smallest absolute Gasteiger partial charge is 0.330 e. The summed E-state index contributed by atoms with van der Waals surface area (Å²) in [6.45, 7) is 0. The van der Waals surface area contributed by atoms with Gasteiger partial charge < -0.3 is 36.2 Å². The molecule has 0 bridgehead atoms. The molecule has 8 N–H and O–H groups in total. The molecule has 2 aromatic heterocycles. The van der Waals surface area contributed by atoms with Crippen LogP contribution in [0.15, 0.2) is 40.2 Å². The van der Waals surface area contributed by atoms with Crippen LogP contribution in [0, 0.1) is 0 Å². The number of hydrogen-bond acceptors (Lipinski definition) is 10. The molecule has 0 radical (unpaired) electrons. The van der Waals surface area contributed by atoms with Crippen LogP contribution in [0.1, 0.15) is 11.9 Å². The Hall–Kier alpha value is -3.59. The summed E-state index contributed by atoms with van der Waals surface area (Å²) in [5.74, 6) is -2.57. The number of hydrogen-bond donors (Lipinski definition) is 7. The van der Waals surface area contributed by atoms with Crippen molar-refractivity contribution in [1.29, 1.82) is 0 Å². The van der Waals surface area contributed by atoms with E-state index < -0.39 is 59.7 Å². The third-order valence-electron chi connectivity index (χ3n) is 4.87. The second-order valence-electron chi connectivity index (χ2n) is 7.13. The lowest BCUT2D eigenvalue weighted by Gasteiger charge is -2.24. The molecule has 1 aliphatic heterocycles. The number of aromatic hydroxyl groups is 1. The number of rotatable bonds is 7. The third-order valence-corrected chi connectivity index (χ3v) is 4.87. The van der Waals surface area contributed by atoms with Gasteiger partial charge in [0.2, 0.25) is 5.91 Å². The highest BCUT2D eigenvalue weighted by molar-refractivity contribution is 5.87. The quantitative estimate of drug-likeness (QED) is 0.217. The van der Waals surface area contributed by atoms with Crippen LogP contribution in [0.2, 0.25) is 0 Å². The Morgan fingerprint density at radius 3 is 2.56 bits per heavy atom. The third kappa shape index (κ3) is 4.83. The van der Waals surface area contributed by atoms with Crippen molar-refractivity contribution in [2.75, 3.05) is 0 Å². The summed E-state index contributed by atoms with van der Waals surface area (Å²) in [6, 6.07) is 0.702. The topological polar surface area (TPSA) is 230 Å². The van der Waals surface area contributed by atoms with Gasteiger partial charge >= 0.3 is 11.7 Å². The molecule has 32 heavy (non-hydrogen) atoms. The highest BCUT2D eigenvalue weighted by atomic mass is 16.6. The van der Waals surface area contributed by atoms with Crippen LogP contribution in [0.3, 0.4) is 0 Å². The zero-order valence-corrected chi connectivity index (χ0v) is 16.4. The van der Waals surface area contributed by atoms with Crippen molar-refractivity contribution in [3.63, 3.8) is 0 Å². The number of carbonyl (C=O) groups is 2. The molecule has 2 aromatic rings. The molecule has 172 valence electrons. The summed E-state index contributed by atoms with van der Waals surface area (Å²) in [5, 5.41) is 41.6. The van der Waals surface area contributed by atoms with Gasteiger partial charge in [0.1, 0.15) is 24.1 Å². The predicted molar refractivity (Wildman–Crippen MR) is 104 cm³/mol. The van der Waals surface area contributed by atoms with Gasteiger partial charge in [-0.25, -0.2) is 9.59 Å². The van der Waals surface area contributed by atoms with Crippen LogP contribution in [0.5, 0.6) is 5.75 Å². The van der Waals surface area contributed by atoms with E-state index in [9.17, 15) is 39.6 Å². The number of aromatic nitrogens is 3. The average molecular weight is 451 g/mol. The largest absolute Gasteiger partial charge is 0.506 e. The van der Waals surface area contributed by atoms with E-state index in [0.717, 1.165) is 23.0 Å². The Morgan fingerprint density at radius 1 is 1.25 bits per heavy atom. The number of pyridine rings is 1. The monoisotopic (exact) mass is 451 g/mol. The number of carboxylic acids is 1. The van der Waals surface area contributed by atoms with E-state index in [-0.39, 0.29) is 12.2 Å². The number of carbonyl (C=O) groups excluding carboxylic acids is 1. The SMILES string of the molecule is N[C@@H](Cc1ccc(O)cn1)C(=O)N[C@H](C(=O)O)[C@H]1O[C@@H](n2ccc(=O)[nH]c2=O)[C@H](O)[C@@H]1O. The summed E-state index contributed by atoms with van der Waals surface area (Å²) < 4.78 is 6.17. The van der Waals surface area contributed by atoms with Gasteiger partial charge in [0, 0.05) is 24.4 Å². The van der Waals surface area contributed by atoms with E-state index in [1.165, 1.54) is 12.1 Å². The van der Waals surface area contributed by atoms with Gasteiger partial charge in [-0.15, -0.1) is 0 Å². The van der Waals surface area contributed by atoms with Crippen LogP contribution in [0.4, 0.5) is 0 Å². The van der Waals surface area contributed by atoms with E-state index in [4.69, 9.17) is 10.5 Å². The number of H-pyrrole nitrogens is 1. The molecule has 14 nitrogen and oxygen atoms in total. The second-order valence-corrected chi connectivity index (χ2v) is 7.13. The van der Waals surface area contributed by atoms with Crippen molar-refractivity contribution < 1.29 is 34.8 Å². The lowest BCUT2D eigenvalue weighted by atomic mass is 10.0. The highest BCUT2D eigenvalue weighted by Crippen LogP contribution is 2.30. The van der Waals surface area contributed by atoms with E-state index in [2.05, 4.69) is 10.3 Å². The zero-order valence-electron chi connectivity index (χ0n) is 16.4. The molecule has 1 amide bonds. The van der Waals surface area contributed by atoms with Crippen molar-refractivity contribution >= 4 is 11.9 Å². The number of nitrogens with two attached hydrogens (primary N) is 1. The average Bonchev–Trinajstić information content (AvgIpc) is 3.02. The molecular formula is C18H21N5O9. The van der Waals surface area contributed by atoms with Crippen molar-refractivity contribution in [3.05, 3.63) is 57.1 Å². The second kappa shape index (κ2) is 9.27. The van der Waals surface area contributed by atoms with Gasteiger partial charge in [0.15, 0.2) is 12.3 Å². The molecule has 0 aliphatic carbocycles. The molecule has 0 aromatic carbocycles. The Labute approximate surface area is 178 Å². The Kier molecular flexibility index (Phi) is 6.69. The number of amides is 1. The van der Waals surface area contributed by atoms with Gasteiger partial charge in [-0.2, -0.15) is 0 Å². The maximum atomic E-state index is 12.4. The molecule has 3 rings (SSSR count). The van der Waals surface area contributed by atoms with E-state index in [1.54, 1.807) is 0 Å². The molecule has 1 aliphatic rings. The molecule has 1 saturated heterocycles. The number of aromatic amines is 1. The molecule has 14 heteroatoms. The maximum Gasteiger partial charge on any atom is 0.330 e. The number of aliphatic hydroxyl groups is 2. The first-order valence-electron chi connectivity index (χ1n) is 9.34. The molecule has 1 fully saturated rings. The fourth-order valence-electron chi connectivity index (χ4n) is 3.22. The van der Waals surface area contributed by atoms with Gasteiger partial charge in [-0.1, -0.05) is 0 Å². The van der Waals surface area contributed by atoms with Gasteiger partial charge in [-0.3, -0.25) is 24.1 Å². The first kappa shape index (κ1) is 23.1. The standard InChI is InChI=1S/C18H21N5O9/c19-9(5-7-1-2-8(24)6-20-7)15(28)22-11(17(29)30)14-12(26)13(27)16(32-14)23-4-3-10(25)21-18(23)31/h1-4,6,9,11-14,16,24,26-27H,5,19H2,(H,22,28)(H,29,30)(H,21,25,31)/t9-,11-,12-,13+,14+,16+/m0/s1. The molecule has 6 atom stereocenters. The van der Waals surface area contributed by atoms with Crippen LogP contribution < -0.4 is 22.3 Å². The minimum atomic E-state index is -1.82. The highest BCUT2D eigenvalue weighted by Gasteiger charge is 2.50. The van der Waals surface area contributed by atoms with Crippen molar-refractivity contribution in [1.82, 2.24) is 19.9 Å². The lowest BCUT2D eigenvalue weighted by molar-refractivity contribution is -0.149. The zero-order chi connectivity index (χ0) is 23.6. The summed E-state index contributed by atoms with van der Waals surface area (Å²) in [6.07, 6.45) is -4.61. The summed E-state index contributed by atoms with van der Waals surface area (Å²) >= 11 is 0. The summed E-state index contributed by atoms with van der Waals surface area (Å²) in [4.78, 5) is 53.2. The van der Waals surface area contributed by atoms with Crippen LogP contribution in [-0.2, 0) is 20.7 Å². The minimum Gasteiger partial charge on any atom is -0.506 e. The van der Waals surface area contributed by atoms with E-state index >= 15 is 0 Å². The van der Waals surface area contributed by atoms with Crippen LogP contribution in [-0.4, -0.2) is 77.2 Å². The van der Waals surface area contributed by atoms with Gasteiger partial charge in [0.25, 0.3) is 5.56 Å².